The Morgan fingerprint density at radius 1 is 1.00 bits per heavy atom. The molecular weight excluding hydrogens is 575 g/mol. The first kappa shape index (κ1) is 31.7. The summed E-state index contributed by atoms with van der Waals surface area (Å²) >= 11 is 1.57. The van der Waals surface area contributed by atoms with E-state index >= 15 is 0 Å². The van der Waals surface area contributed by atoms with Crippen LogP contribution in [0.15, 0.2) is 0 Å². The highest BCUT2D eigenvalue weighted by molar-refractivity contribution is 8.00. The van der Waals surface area contributed by atoms with Crippen LogP contribution in [0.25, 0.3) is 0 Å². The topological polar surface area (TPSA) is 140 Å². The smallest absolute Gasteiger partial charge is 0.366 e. The summed E-state index contributed by atoms with van der Waals surface area (Å²) in [4.78, 5) is 28.6. The van der Waals surface area contributed by atoms with Gasteiger partial charge in [0.1, 0.15) is 24.0 Å². The number of thioether (sulfide) groups is 1. The van der Waals surface area contributed by atoms with Crippen LogP contribution < -0.4 is 26.6 Å². The van der Waals surface area contributed by atoms with Crippen LogP contribution in [0, 0.1) is 40.9 Å². The van der Waals surface area contributed by atoms with E-state index < -0.39 is 24.4 Å². The molecule has 5 heterocycles. The lowest BCUT2D eigenvalue weighted by Crippen LogP contribution is -2.58. The predicted octanol–water partition coefficient (Wildman–Crippen LogP) is 0.541. The number of nitrogens with one attached hydrogen (secondary N) is 5. The molecule has 0 saturated carbocycles. The monoisotopic (exact) mass is 617 g/mol. The van der Waals surface area contributed by atoms with Crippen molar-refractivity contribution in [2.45, 2.75) is 80.1 Å². The maximum Gasteiger partial charge on any atom is 0.403 e. The number of alkyl halides is 3. The number of likely N-dealkylation sites (tertiary alicyclic amines) is 1. The first-order valence-corrected chi connectivity index (χ1v) is 15.7. The zero-order valence-corrected chi connectivity index (χ0v) is 25.0. The summed E-state index contributed by atoms with van der Waals surface area (Å²) in [6, 6.07) is 0.892. The van der Waals surface area contributed by atoms with Gasteiger partial charge in [-0.05, 0) is 38.5 Å². The molecule has 0 bridgehead atoms. The summed E-state index contributed by atoms with van der Waals surface area (Å²) in [6.45, 7) is 4.09. The van der Waals surface area contributed by atoms with Gasteiger partial charge in [-0.1, -0.05) is 0 Å². The van der Waals surface area contributed by atoms with E-state index in [-0.39, 0.29) is 77.4 Å². The molecule has 2 amide bonds. The van der Waals surface area contributed by atoms with Crippen LogP contribution in [-0.4, -0.2) is 105 Å². The second-order valence-electron chi connectivity index (χ2n) is 12.3. The Labute approximate surface area is 248 Å². The average Bonchev–Trinajstić information content (AvgIpc) is 3.54. The Balaban J connectivity index is 1.16. The van der Waals surface area contributed by atoms with Crippen molar-refractivity contribution in [1.29, 1.82) is 5.26 Å². The van der Waals surface area contributed by atoms with Crippen molar-refractivity contribution in [3.8, 4) is 6.07 Å². The molecule has 5 aliphatic rings. The fourth-order valence-electron chi connectivity index (χ4n) is 7.44. The zero-order valence-electron chi connectivity index (χ0n) is 24.2. The van der Waals surface area contributed by atoms with Gasteiger partial charge in [-0.15, -0.1) is 11.8 Å². The average molecular weight is 618 g/mol. The highest BCUT2D eigenvalue weighted by atomic mass is 32.2. The molecule has 0 aromatic carbocycles. The Bertz CT molecular complexity index is 1020. The second-order valence-corrected chi connectivity index (χ2v) is 13.6. The number of rotatable bonds is 6. The fourth-order valence-corrected chi connectivity index (χ4v) is 8.85. The van der Waals surface area contributed by atoms with Gasteiger partial charge in [-0.3, -0.25) is 25.5 Å². The number of carbonyl (C=O) groups is 2. The molecule has 5 fully saturated rings. The molecule has 5 rings (SSSR count). The third kappa shape index (κ3) is 6.69. The molecule has 5 N–H and O–H groups in total. The summed E-state index contributed by atoms with van der Waals surface area (Å²) in [5.74, 6) is -1.27. The Morgan fingerprint density at radius 3 is 2.43 bits per heavy atom. The predicted molar refractivity (Wildman–Crippen MR) is 148 cm³/mol. The summed E-state index contributed by atoms with van der Waals surface area (Å²) in [7, 11) is 2.97. The molecule has 12 unspecified atom stereocenters. The van der Waals surface area contributed by atoms with Crippen LogP contribution in [0.5, 0.6) is 0 Å². The van der Waals surface area contributed by atoms with Gasteiger partial charge in [-0.2, -0.15) is 18.4 Å². The lowest BCUT2D eigenvalue weighted by molar-refractivity contribution is -0.183. The molecule has 0 radical (unpaired) electrons. The lowest BCUT2D eigenvalue weighted by atomic mass is 9.70. The van der Waals surface area contributed by atoms with E-state index in [0.717, 1.165) is 6.42 Å². The molecular formula is C27H42F3N7O4S. The molecule has 5 aliphatic heterocycles. The number of nitriles is 1. The molecule has 0 aliphatic carbocycles. The third-order valence-electron chi connectivity index (χ3n) is 9.65. The van der Waals surface area contributed by atoms with E-state index in [1.807, 2.05) is 0 Å². The van der Waals surface area contributed by atoms with Gasteiger partial charge in [-0.25, -0.2) is 0 Å². The molecule has 42 heavy (non-hydrogen) atoms. The van der Waals surface area contributed by atoms with Crippen LogP contribution in [0.2, 0.25) is 0 Å². The van der Waals surface area contributed by atoms with E-state index in [0.29, 0.717) is 32.6 Å². The SMILES string of the molecule is COC1NC(C(F)(F)F)CCC1C(=O)N1CC2NC(NC(=O)C3CNC(C)CC3C3CC(C#N)CNC3OC)SC2C1. The van der Waals surface area contributed by atoms with Crippen molar-refractivity contribution in [2.75, 3.05) is 40.4 Å². The quantitative estimate of drug-likeness (QED) is 0.287. The molecule has 0 aromatic rings. The second kappa shape index (κ2) is 13.1. The third-order valence-corrected chi connectivity index (χ3v) is 11.0. The molecule has 11 nitrogen and oxygen atoms in total. The Morgan fingerprint density at radius 2 is 1.76 bits per heavy atom. The number of nitrogens with zero attached hydrogens (tertiary/aromatic N) is 2. The number of amides is 2. The van der Waals surface area contributed by atoms with Gasteiger partial charge < -0.3 is 25.0 Å². The summed E-state index contributed by atoms with van der Waals surface area (Å²) in [5, 5.41) is 25.4. The van der Waals surface area contributed by atoms with Crippen LogP contribution in [0.1, 0.15) is 32.6 Å². The maximum absolute atomic E-state index is 13.6. The molecule has 15 heteroatoms. The first-order valence-electron chi connectivity index (χ1n) is 14.8. The van der Waals surface area contributed by atoms with Crippen LogP contribution >= 0.6 is 11.8 Å². The first-order chi connectivity index (χ1) is 20.0. The molecule has 0 spiro atoms. The van der Waals surface area contributed by atoms with E-state index in [1.54, 1.807) is 23.8 Å². The van der Waals surface area contributed by atoms with E-state index in [9.17, 15) is 28.0 Å². The molecule has 12 atom stereocenters. The van der Waals surface area contributed by atoms with Gasteiger partial charge in [0.05, 0.1) is 23.8 Å². The minimum atomic E-state index is -4.39. The standard InChI is InChI=1S/C27H42F3N7O4S/c1-13-6-16(17-7-14(8-31)9-33-23(17)40-2)18(10-32-13)22(38)36-26-34-19-11-37(12-20(19)42-26)25(39)15-4-5-21(27(28,29)30)35-24(15)41-3/h13-21,23-24,26,32-35H,4-7,9-12H2,1-3H3,(H,36,38). The minimum Gasteiger partial charge on any atom is -0.366 e. The van der Waals surface area contributed by atoms with Crippen molar-refractivity contribution >= 4 is 23.6 Å². The van der Waals surface area contributed by atoms with Gasteiger partial charge in [0.2, 0.25) is 11.8 Å². The number of hydrogen-bond acceptors (Lipinski definition) is 10. The largest absolute Gasteiger partial charge is 0.403 e. The normalized spacial score (nSPS) is 42.5. The van der Waals surface area contributed by atoms with Crippen molar-refractivity contribution in [3.05, 3.63) is 0 Å². The van der Waals surface area contributed by atoms with Crippen molar-refractivity contribution in [2.24, 2.45) is 29.6 Å². The number of halogens is 3. The summed E-state index contributed by atoms with van der Waals surface area (Å²) in [5.41, 5.74) is -0.310. The minimum absolute atomic E-state index is 0.0356. The number of fused-ring (bicyclic) bond motifs is 1. The van der Waals surface area contributed by atoms with Crippen LogP contribution in [0.4, 0.5) is 13.2 Å². The van der Waals surface area contributed by atoms with Gasteiger partial charge in [0, 0.05) is 63.7 Å². The lowest BCUT2D eigenvalue weighted by Gasteiger charge is -2.45. The number of carbonyl (C=O) groups excluding carboxylic acids is 2. The van der Waals surface area contributed by atoms with Gasteiger partial charge >= 0.3 is 6.18 Å². The van der Waals surface area contributed by atoms with Crippen LogP contribution in [0.3, 0.4) is 0 Å². The van der Waals surface area contributed by atoms with E-state index in [1.165, 1.54) is 7.11 Å². The number of ether oxygens (including phenoxy) is 2. The van der Waals surface area contributed by atoms with E-state index in [2.05, 4.69) is 39.6 Å². The van der Waals surface area contributed by atoms with Crippen molar-refractivity contribution in [1.82, 2.24) is 31.5 Å². The molecule has 5 saturated heterocycles. The highest BCUT2D eigenvalue weighted by Crippen LogP contribution is 2.39. The van der Waals surface area contributed by atoms with Gasteiger partial charge in [0.25, 0.3) is 0 Å². The Kier molecular flexibility index (Phi) is 9.93. The summed E-state index contributed by atoms with van der Waals surface area (Å²) < 4.78 is 50.6. The zero-order chi connectivity index (χ0) is 30.2. The number of piperidine rings is 3. The number of methoxy groups -OCH3 is 2. The van der Waals surface area contributed by atoms with Crippen molar-refractivity contribution in [3.63, 3.8) is 0 Å². The highest BCUT2D eigenvalue weighted by Gasteiger charge is 2.50. The van der Waals surface area contributed by atoms with E-state index in [4.69, 9.17) is 9.47 Å². The number of hydrogen-bond donors (Lipinski definition) is 5. The van der Waals surface area contributed by atoms with Crippen molar-refractivity contribution < 1.29 is 32.2 Å². The summed E-state index contributed by atoms with van der Waals surface area (Å²) in [6.07, 6.45) is -4.17. The maximum atomic E-state index is 13.6. The molecule has 0 aromatic heterocycles. The molecule has 236 valence electrons. The van der Waals surface area contributed by atoms with Crippen LogP contribution in [-0.2, 0) is 19.1 Å². The van der Waals surface area contributed by atoms with Gasteiger partial charge in [0.15, 0.2) is 0 Å². The Hall–Kier alpha value is -1.67. The fraction of sp³-hybridized carbons (Fsp3) is 0.889.